The largest absolute Gasteiger partial charge is 0.348 e. The molecule has 0 aromatic heterocycles. The minimum atomic E-state index is -0.157. The molecule has 0 radical (unpaired) electrons. The summed E-state index contributed by atoms with van der Waals surface area (Å²) in [6.07, 6.45) is 5.24. The van der Waals surface area contributed by atoms with E-state index in [4.69, 9.17) is 0 Å². The van der Waals surface area contributed by atoms with E-state index in [0.717, 1.165) is 34.1 Å². The van der Waals surface area contributed by atoms with Crippen molar-refractivity contribution in [2.24, 2.45) is 5.92 Å². The van der Waals surface area contributed by atoms with E-state index in [1.165, 1.54) is 6.08 Å². The highest BCUT2D eigenvalue weighted by Gasteiger charge is 2.29. The molecule has 1 saturated carbocycles. The van der Waals surface area contributed by atoms with Crippen LogP contribution in [0.15, 0.2) is 59.1 Å². The fourth-order valence-electron chi connectivity index (χ4n) is 2.34. The zero-order valence-electron chi connectivity index (χ0n) is 13.7. The van der Waals surface area contributed by atoms with Gasteiger partial charge in [0, 0.05) is 28.7 Å². The van der Waals surface area contributed by atoms with Crippen molar-refractivity contribution in [2.75, 3.05) is 5.32 Å². The maximum Gasteiger partial charge on any atom is 0.244 e. The minimum absolute atomic E-state index is 0.0821. The second-order valence-electron chi connectivity index (χ2n) is 6.07. The Hall–Kier alpha value is -2.40. The molecule has 3 rings (SSSR count). The van der Waals surface area contributed by atoms with Gasteiger partial charge in [0.15, 0.2) is 0 Å². The lowest BCUT2D eigenvalue weighted by Gasteiger charge is -2.07. The van der Waals surface area contributed by atoms with E-state index in [0.29, 0.717) is 6.54 Å². The van der Waals surface area contributed by atoms with Gasteiger partial charge in [-0.05, 0) is 54.3 Å². The van der Waals surface area contributed by atoms with Crippen LogP contribution >= 0.6 is 15.9 Å². The van der Waals surface area contributed by atoms with Gasteiger partial charge in [0.1, 0.15) is 0 Å². The molecule has 1 aliphatic carbocycles. The Morgan fingerprint density at radius 3 is 2.60 bits per heavy atom. The summed E-state index contributed by atoms with van der Waals surface area (Å²) in [4.78, 5) is 23.7. The number of halogens is 1. The molecule has 0 spiro atoms. The number of benzene rings is 2. The fraction of sp³-hybridized carbons (Fsp3) is 0.200. The molecule has 0 atom stereocenters. The summed E-state index contributed by atoms with van der Waals surface area (Å²) in [5.41, 5.74) is 2.68. The van der Waals surface area contributed by atoms with E-state index in [1.54, 1.807) is 6.08 Å². The van der Waals surface area contributed by atoms with Gasteiger partial charge in [0.2, 0.25) is 11.8 Å². The molecule has 128 valence electrons. The molecule has 25 heavy (non-hydrogen) atoms. The first-order chi connectivity index (χ1) is 12.1. The zero-order valence-corrected chi connectivity index (χ0v) is 15.3. The Labute approximate surface area is 155 Å². The molecule has 0 saturated heterocycles. The SMILES string of the molecule is O=C(/C=C/c1ccc(Br)cc1)NCc1cccc(NC(=O)C2CC2)c1. The maximum absolute atomic E-state index is 11.9. The Kier molecular flexibility index (Phi) is 5.66. The summed E-state index contributed by atoms with van der Waals surface area (Å²) >= 11 is 3.38. The maximum atomic E-state index is 11.9. The monoisotopic (exact) mass is 398 g/mol. The number of anilines is 1. The van der Waals surface area contributed by atoms with Crippen molar-refractivity contribution in [3.63, 3.8) is 0 Å². The van der Waals surface area contributed by atoms with Crippen LogP contribution in [0.5, 0.6) is 0 Å². The summed E-state index contributed by atoms with van der Waals surface area (Å²) in [6.45, 7) is 0.413. The molecule has 2 aromatic rings. The molecule has 2 amide bonds. The highest BCUT2D eigenvalue weighted by Crippen LogP contribution is 2.30. The second kappa shape index (κ2) is 8.12. The average molecular weight is 399 g/mol. The van der Waals surface area contributed by atoms with Gasteiger partial charge >= 0.3 is 0 Å². The first-order valence-electron chi connectivity index (χ1n) is 8.21. The van der Waals surface area contributed by atoms with Crippen molar-refractivity contribution >= 4 is 39.5 Å². The van der Waals surface area contributed by atoms with Crippen molar-refractivity contribution in [3.8, 4) is 0 Å². The van der Waals surface area contributed by atoms with E-state index < -0.39 is 0 Å². The van der Waals surface area contributed by atoms with Crippen LogP contribution in [0, 0.1) is 5.92 Å². The zero-order chi connectivity index (χ0) is 17.6. The fourth-order valence-corrected chi connectivity index (χ4v) is 2.61. The van der Waals surface area contributed by atoms with Gasteiger partial charge in [0.05, 0.1) is 0 Å². The van der Waals surface area contributed by atoms with Crippen molar-refractivity contribution in [2.45, 2.75) is 19.4 Å². The molecule has 2 N–H and O–H groups in total. The van der Waals surface area contributed by atoms with Crippen LogP contribution < -0.4 is 10.6 Å². The Morgan fingerprint density at radius 2 is 1.88 bits per heavy atom. The molecule has 0 aliphatic heterocycles. The molecule has 4 nitrogen and oxygen atoms in total. The molecule has 0 heterocycles. The molecular formula is C20H19BrN2O2. The van der Waals surface area contributed by atoms with Gasteiger partial charge in [-0.3, -0.25) is 9.59 Å². The van der Waals surface area contributed by atoms with Gasteiger partial charge in [-0.1, -0.05) is 40.2 Å². The van der Waals surface area contributed by atoms with Gasteiger partial charge in [-0.25, -0.2) is 0 Å². The van der Waals surface area contributed by atoms with E-state index in [9.17, 15) is 9.59 Å². The van der Waals surface area contributed by atoms with E-state index in [1.807, 2.05) is 48.5 Å². The number of hydrogen-bond donors (Lipinski definition) is 2. The molecule has 1 aliphatic rings. The normalized spacial score (nSPS) is 13.6. The van der Waals surface area contributed by atoms with Crippen molar-refractivity contribution in [1.29, 1.82) is 0 Å². The van der Waals surface area contributed by atoms with Gasteiger partial charge in [-0.15, -0.1) is 0 Å². The number of amides is 2. The molecule has 2 aromatic carbocycles. The predicted octanol–water partition coefficient (Wildman–Crippen LogP) is 4.13. The van der Waals surface area contributed by atoms with Crippen LogP contribution in [0.4, 0.5) is 5.69 Å². The number of carbonyl (C=O) groups is 2. The van der Waals surface area contributed by atoms with Crippen LogP contribution in [0.1, 0.15) is 24.0 Å². The minimum Gasteiger partial charge on any atom is -0.348 e. The second-order valence-corrected chi connectivity index (χ2v) is 6.98. The smallest absolute Gasteiger partial charge is 0.244 e. The van der Waals surface area contributed by atoms with Crippen LogP contribution in [0.2, 0.25) is 0 Å². The van der Waals surface area contributed by atoms with Crippen LogP contribution in [-0.2, 0) is 16.1 Å². The average Bonchev–Trinajstić information content (AvgIpc) is 3.45. The van der Waals surface area contributed by atoms with Crippen LogP contribution in [0.3, 0.4) is 0 Å². The summed E-state index contributed by atoms with van der Waals surface area (Å²) in [7, 11) is 0. The molecule has 1 fully saturated rings. The highest BCUT2D eigenvalue weighted by atomic mass is 79.9. The lowest BCUT2D eigenvalue weighted by Crippen LogP contribution is -2.20. The van der Waals surface area contributed by atoms with Gasteiger partial charge in [0.25, 0.3) is 0 Å². The Balaban J connectivity index is 1.51. The topological polar surface area (TPSA) is 58.2 Å². The quantitative estimate of drug-likeness (QED) is 0.718. The van der Waals surface area contributed by atoms with Crippen molar-refractivity contribution in [3.05, 3.63) is 70.2 Å². The Bertz CT molecular complexity index is 796. The molecule has 0 bridgehead atoms. The summed E-state index contributed by atoms with van der Waals surface area (Å²) in [5, 5.41) is 5.76. The third-order valence-corrected chi connectivity index (χ3v) is 4.44. The lowest BCUT2D eigenvalue weighted by molar-refractivity contribution is -0.117. The predicted molar refractivity (Wildman–Crippen MR) is 103 cm³/mol. The van der Waals surface area contributed by atoms with Crippen LogP contribution in [0.25, 0.3) is 6.08 Å². The van der Waals surface area contributed by atoms with Crippen LogP contribution in [-0.4, -0.2) is 11.8 Å². The van der Waals surface area contributed by atoms with Crippen molar-refractivity contribution < 1.29 is 9.59 Å². The standard InChI is InChI=1S/C20H19BrN2O2/c21-17-9-4-14(5-10-17)6-11-19(24)22-13-15-2-1-3-18(12-15)23-20(25)16-7-8-16/h1-6,9-12,16H,7-8,13H2,(H,22,24)(H,23,25)/b11-6+. The highest BCUT2D eigenvalue weighted by molar-refractivity contribution is 9.10. The number of hydrogen-bond acceptors (Lipinski definition) is 2. The first kappa shape index (κ1) is 17.4. The van der Waals surface area contributed by atoms with E-state index >= 15 is 0 Å². The third kappa shape index (κ3) is 5.57. The van der Waals surface area contributed by atoms with Gasteiger partial charge < -0.3 is 10.6 Å². The van der Waals surface area contributed by atoms with E-state index in [-0.39, 0.29) is 17.7 Å². The summed E-state index contributed by atoms with van der Waals surface area (Å²) in [6, 6.07) is 15.3. The number of nitrogens with one attached hydrogen (secondary N) is 2. The third-order valence-electron chi connectivity index (χ3n) is 3.91. The van der Waals surface area contributed by atoms with Gasteiger partial charge in [-0.2, -0.15) is 0 Å². The Morgan fingerprint density at radius 1 is 1.12 bits per heavy atom. The first-order valence-corrected chi connectivity index (χ1v) is 9.01. The lowest BCUT2D eigenvalue weighted by atomic mass is 10.2. The number of rotatable bonds is 6. The van der Waals surface area contributed by atoms with Crippen molar-refractivity contribution in [1.82, 2.24) is 5.32 Å². The summed E-state index contributed by atoms with van der Waals surface area (Å²) < 4.78 is 1.00. The summed E-state index contributed by atoms with van der Waals surface area (Å²) in [5.74, 6) is 0.0982. The molecule has 5 heteroatoms. The number of carbonyl (C=O) groups excluding carboxylic acids is 2. The van der Waals surface area contributed by atoms with E-state index in [2.05, 4.69) is 26.6 Å². The molecule has 0 unspecified atom stereocenters. The molecular weight excluding hydrogens is 380 g/mol.